The zero-order valence-electron chi connectivity index (χ0n) is 19.6. The van der Waals surface area contributed by atoms with Gasteiger partial charge in [0.05, 0.1) is 0 Å². The number of hydrogen-bond donors (Lipinski definition) is 4. The Balaban J connectivity index is 2.41. The summed E-state index contributed by atoms with van der Waals surface area (Å²) in [4.78, 5) is 24.7. The molecule has 33 heavy (non-hydrogen) atoms. The second-order valence-corrected chi connectivity index (χ2v) is 8.32. The lowest BCUT2D eigenvalue weighted by Gasteiger charge is -2.19. The lowest BCUT2D eigenvalue weighted by atomic mass is 9.98. The van der Waals surface area contributed by atoms with E-state index in [0.29, 0.717) is 22.6 Å². The van der Waals surface area contributed by atoms with E-state index < -0.39 is 12.2 Å². The molecule has 0 spiro atoms. The van der Waals surface area contributed by atoms with Crippen molar-refractivity contribution in [1.29, 1.82) is 0 Å². The number of carbonyl (C=O) groups is 2. The quantitative estimate of drug-likeness (QED) is 0.426. The van der Waals surface area contributed by atoms with Crippen LogP contribution in [0.3, 0.4) is 0 Å². The van der Waals surface area contributed by atoms with E-state index in [-0.39, 0.29) is 31.1 Å². The topological polar surface area (TPSA) is 129 Å². The van der Waals surface area contributed by atoms with Gasteiger partial charge in [-0.15, -0.1) is 0 Å². The fraction of sp³-hybridized carbons (Fsp3) is 0.360. The van der Waals surface area contributed by atoms with E-state index in [0.717, 1.165) is 5.56 Å². The number of benzene rings is 2. The maximum Gasteiger partial charge on any atom is 0.412 e. The summed E-state index contributed by atoms with van der Waals surface area (Å²) >= 11 is 0. The van der Waals surface area contributed by atoms with Crippen molar-refractivity contribution in [2.75, 3.05) is 13.1 Å². The fourth-order valence-electron chi connectivity index (χ4n) is 2.97. The lowest BCUT2D eigenvalue weighted by molar-refractivity contribution is 0.197. The molecule has 2 atom stereocenters. The normalized spacial score (nSPS) is 12.9. The van der Waals surface area contributed by atoms with Gasteiger partial charge in [0.15, 0.2) is 0 Å². The maximum atomic E-state index is 12.4. The van der Waals surface area contributed by atoms with Crippen LogP contribution < -0.4 is 31.6 Å². The standard InChI is InChI=1S/C25H34N4O4/c1-16(2)23-21(32-24(30)28-14-17(3)26)12-20(11-10-19-8-6-5-7-9-19)13-22(23)33-25(31)29-15-18(4)27/h5-13,16-18H,14-15,26-27H2,1-4H3,(H,28,30)(H,29,31)/b11-10+. The van der Waals surface area contributed by atoms with Crippen molar-refractivity contribution in [3.05, 3.63) is 59.2 Å². The molecular formula is C25H34N4O4. The molecule has 0 fully saturated rings. The van der Waals surface area contributed by atoms with Gasteiger partial charge in [0.1, 0.15) is 11.5 Å². The average Bonchev–Trinajstić information content (AvgIpc) is 2.75. The van der Waals surface area contributed by atoms with Gasteiger partial charge < -0.3 is 31.6 Å². The fourth-order valence-corrected chi connectivity index (χ4v) is 2.97. The van der Waals surface area contributed by atoms with Crippen LogP contribution in [0.4, 0.5) is 9.59 Å². The molecule has 0 saturated carbocycles. The van der Waals surface area contributed by atoms with E-state index in [1.165, 1.54) is 0 Å². The molecular weight excluding hydrogens is 420 g/mol. The van der Waals surface area contributed by atoms with E-state index in [1.807, 2.05) is 56.3 Å². The Morgan fingerprint density at radius 3 is 1.70 bits per heavy atom. The first-order valence-electron chi connectivity index (χ1n) is 11.0. The summed E-state index contributed by atoms with van der Waals surface area (Å²) in [7, 11) is 0. The van der Waals surface area contributed by atoms with Gasteiger partial charge >= 0.3 is 12.2 Å². The van der Waals surface area contributed by atoms with Crippen LogP contribution in [0.2, 0.25) is 0 Å². The molecule has 0 saturated heterocycles. The predicted octanol–water partition coefficient (Wildman–Crippen LogP) is 3.85. The van der Waals surface area contributed by atoms with Crippen LogP contribution in [0.15, 0.2) is 42.5 Å². The minimum Gasteiger partial charge on any atom is -0.410 e. The number of carbonyl (C=O) groups excluding carboxylic acids is 2. The molecule has 2 amide bonds. The van der Waals surface area contributed by atoms with Gasteiger partial charge in [-0.25, -0.2) is 9.59 Å². The molecule has 2 unspecified atom stereocenters. The Morgan fingerprint density at radius 1 is 0.818 bits per heavy atom. The zero-order valence-corrected chi connectivity index (χ0v) is 19.6. The third-order valence-electron chi connectivity index (χ3n) is 4.51. The summed E-state index contributed by atoms with van der Waals surface area (Å²) in [6.07, 6.45) is 2.51. The summed E-state index contributed by atoms with van der Waals surface area (Å²) in [5.41, 5.74) is 13.7. The first kappa shape index (κ1) is 25.9. The van der Waals surface area contributed by atoms with Gasteiger partial charge in [0.2, 0.25) is 0 Å². The highest BCUT2D eigenvalue weighted by atomic mass is 16.6. The first-order valence-corrected chi connectivity index (χ1v) is 11.0. The third-order valence-corrected chi connectivity index (χ3v) is 4.51. The molecule has 0 aromatic heterocycles. The van der Waals surface area contributed by atoms with Crippen molar-refractivity contribution in [2.45, 2.75) is 45.7 Å². The molecule has 0 radical (unpaired) electrons. The molecule has 2 aromatic carbocycles. The summed E-state index contributed by atoms with van der Waals surface area (Å²) in [5.74, 6) is 0.513. The second-order valence-electron chi connectivity index (χ2n) is 8.32. The minimum atomic E-state index is -0.634. The van der Waals surface area contributed by atoms with E-state index in [2.05, 4.69) is 10.6 Å². The van der Waals surface area contributed by atoms with Gasteiger partial charge in [0.25, 0.3) is 0 Å². The highest BCUT2D eigenvalue weighted by Gasteiger charge is 2.21. The predicted molar refractivity (Wildman–Crippen MR) is 131 cm³/mol. The van der Waals surface area contributed by atoms with Crippen molar-refractivity contribution in [3.63, 3.8) is 0 Å². The van der Waals surface area contributed by atoms with Gasteiger partial charge in [-0.2, -0.15) is 0 Å². The average molecular weight is 455 g/mol. The van der Waals surface area contributed by atoms with Crippen molar-refractivity contribution >= 4 is 24.3 Å². The summed E-state index contributed by atoms with van der Waals surface area (Å²) in [6, 6.07) is 12.8. The smallest absolute Gasteiger partial charge is 0.410 e. The van der Waals surface area contributed by atoms with E-state index in [9.17, 15) is 9.59 Å². The number of ether oxygens (including phenoxy) is 2. The van der Waals surface area contributed by atoms with Gasteiger partial charge in [-0.3, -0.25) is 0 Å². The molecule has 8 heteroatoms. The molecule has 0 heterocycles. The number of amides is 2. The van der Waals surface area contributed by atoms with E-state index in [1.54, 1.807) is 26.0 Å². The Labute approximate surface area is 195 Å². The van der Waals surface area contributed by atoms with Gasteiger partial charge in [-0.05, 0) is 43.0 Å². The molecule has 178 valence electrons. The summed E-state index contributed by atoms with van der Waals surface area (Å²) in [6.45, 7) is 7.95. The van der Waals surface area contributed by atoms with Crippen LogP contribution in [0.5, 0.6) is 11.5 Å². The molecule has 6 N–H and O–H groups in total. The SMILES string of the molecule is CC(N)CNC(=O)Oc1cc(/C=C/c2ccccc2)cc(OC(=O)NCC(C)N)c1C(C)C. The Bertz CT molecular complexity index is 909. The molecule has 0 aliphatic heterocycles. The Hall–Kier alpha value is -3.36. The molecule has 0 bridgehead atoms. The molecule has 0 aliphatic rings. The zero-order chi connectivity index (χ0) is 24.4. The van der Waals surface area contributed by atoms with Crippen molar-refractivity contribution in [2.24, 2.45) is 11.5 Å². The minimum absolute atomic E-state index is 0.0929. The lowest BCUT2D eigenvalue weighted by Crippen LogP contribution is -2.37. The van der Waals surface area contributed by atoms with Crippen LogP contribution in [0, 0.1) is 0 Å². The second kappa shape index (κ2) is 12.6. The molecule has 2 aromatic rings. The molecule has 2 rings (SSSR count). The van der Waals surface area contributed by atoms with Crippen LogP contribution in [0.25, 0.3) is 12.2 Å². The monoisotopic (exact) mass is 454 g/mol. The number of rotatable bonds is 9. The summed E-state index contributed by atoms with van der Waals surface area (Å²) < 4.78 is 11.2. The number of nitrogens with one attached hydrogen (secondary N) is 2. The van der Waals surface area contributed by atoms with E-state index >= 15 is 0 Å². The number of nitrogens with two attached hydrogens (primary N) is 2. The van der Waals surface area contributed by atoms with Gasteiger partial charge in [0, 0.05) is 30.7 Å². The van der Waals surface area contributed by atoms with E-state index in [4.69, 9.17) is 20.9 Å². The van der Waals surface area contributed by atoms with Crippen LogP contribution in [-0.4, -0.2) is 37.4 Å². The third kappa shape index (κ3) is 8.96. The largest absolute Gasteiger partial charge is 0.412 e. The van der Waals surface area contributed by atoms with Gasteiger partial charge in [-0.1, -0.05) is 56.3 Å². The van der Waals surface area contributed by atoms with Crippen LogP contribution >= 0.6 is 0 Å². The maximum absolute atomic E-state index is 12.4. The van der Waals surface area contributed by atoms with Crippen molar-refractivity contribution < 1.29 is 19.1 Å². The molecule has 0 aliphatic carbocycles. The summed E-state index contributed by atoms with van der Waals surface area (Å²) in [5, 5.41) is 5.26. The van der Waals surface area contributed by atoms with Crippen LogP contribution in [0.1, 0.15) is 50.3 Å². The molecule has 8 nitrogen and oxygen atoms in total. The van der Waals surface area contributed by atoms with Crippen LogP contribution in [-0.2, 0) is 0 Å². The first-order chi connectivity index (χ1) is 15.7. The number of hydrogen-bond acceptors (Lipinski definition) is 6. The van der Waals surface area contributed by atoms with Crippen molar-refractivity contribution in [3.8, 4) is 11.5 Å². The Kier molecular flexibility index (Phi) is 9.90. The highest BCUT2D eigenvalue weighted by molar-refractivity contribution is 5.77. The highest BCUT2D eigenvalue weighted by Crippen LogP contribution is 2.37. The Morgan fingerprint density at radius 2 is 1.27 bits per heavy atom. The van der Waals surface area contributed by atoms with Crippen molar-refractivity contribution in [1.82, 2.24) is 10.6 Å².